The number of nitrogens with one attached hydrogen (secondary N) is 2. The third kappa shape index (κ3) is 4.19. The van der Waals surface area contributed by atoms with E-state index in [1.165, 1.54) is 11.8 Å². The lowest BCUT2D eigenvalue weighted by molar-refractivity contribution is -0.116. The SMILES string of the molecule is O=C(CCS[C@@H]1CCc2ccccc2NC1=O)Nc1ccc2c(c1)OCO2. The number of anilines is 2. The fourth-order valence-corrected chi connectivity index (χ4v) is 4.22. The van der Waals surface area contributed by atoms with Crippen LogP contribution in [0.3, 0.4) is 0 Å². The van der Waals surface area contributed by atoms with Crippen LogP contribution in [0.25, 0.3) is 0 Å². The highest BCUT2D eigenvalue weighted by Gasteiger charge is 2.24. The van der Waals surface area contributed by atoms with Gasteiger partial charge in [-0.25, -0.2) is 0 Å². The number of hydrogen-bond donors (Lipinski definition) is 2. The summed E-state index contributed by atoms with van der Waals surface area (Å²) in [7, 11) is 0. The lowest BCUT2D eigenvalue weighted by Gasteiger charge is -2.12. The van der Waals surface area contributed by atoms with E-state index in [1.807, 2.05) is 24.3 Å². The Morgan fingerprint density at radius 3 is 2.96 bits per heavy atom. The van der Waals surface area contributed by atoms with Crippen LogP contribution in [0, 0.1) is 0 Å². The summed E-state index contributed by atoms with van der Waals surface area (Å²) in [5.41, 5.74) is 2.73. The molecule has 0 unspecified atom stereocenters. The van der Waals surface area contributed by atoms with Crippen molar-refractivity contribution in [3.05, 3.63) is 48.0 Å². The maximum absolute atomic E-state index is 12.4. The van der Waals surface area contributed by atoms with Gasteiger partial charge in [0, 0.05) is 29.6 Å². The molecule has 2 aliphatic rings. The van der Waals surface area contributed by atoms with E-state index in [-0.39, 0.29) is 23.9 Å². The monoisotopic (exact) mass is 384 g/mol. The van der Waals surface area contributed by atoms with Gasteiger partial charge in [-0.05, 0) is 36.6 Å². The molecule has 1 atom stereocenters. The zero-order valence-corrected chi connectivity index (χ0v) is 15.5. The summed E-state index contributed by atoms with van der Waals surface area (Å²) >= 11 is 1.53. The highest BCUT2D eigenvalue weighted by atomic mass is 32.2. The second-order valence-corrected chi connectivity index (χ2v) is 7.72. The van der Waals surface area contributed by atoms with Crippen molar-refractivity contribution >= 4 is 35.0 Å². The van der Waals surface area contributed by atoms with Gasteiger partial charge in [0.1, 0.15) is 0 Å². The Bertz CT molecular complexity index is 871. The zero-order chi connectivity index (χ0) is 18.6. The van der Waals surface area contributed by atoms with E-state index in [4.69, 9.17) is 9.47 Å². The summed E-state index contributed by atoms with van der Waals surface area (Å²) in [5, 5.41) is 5.70. The van der Waals surface area contributed by atoms with Crippen LogP contribution in [0.5, 0.6) is 11.5 Å². The summed E-state index contributed by atoms with van der Waals surface area (Å²) in [6.07, 6.45) is 1.98. The van der Waals surface area contributed by atoms with Crippen LogP contribution in [-0.4, -0.2) is 29.6 Å². The number of benzene rings is 2. The Balaban J connectivity index is 1.26. The molecule has 0 radical (unpaired) electrons. The zero-order valence-electron chi connectivity index (χ0n) is 14.7. The van der Waals surface area contributed by atoms with Crippen molar-refractivity contribution in [2.24, 2.45) is 0 Å². The van der Waals surface area contributed by atoms with E-state index in [0.29, 0.717) is 29.4 Å². The first-order valence-corrected chi connectivity index (χ1v) is 9.94. The lowest BCUT2D eigenvalue weighted by atomic mass is 10.1. The number of rotatable bonds is 5. The third-order valence-corrected chi connectivity index (χ3v) is 5.84. The number of amides is 2. The summed E-state index contributed by atoms with van der Waals surface area (Å²) in [5.74, 6) is 1.84. The molecule has 2 heterocycles. The molecule has 2 aliphatic heterocycles. The number of para-hydroxylation sites is 1. The molecular weight excluding hydrogens is 364 g/mol. The average molecular weight is 384 g/mol. The Morgan fingerprint density at radius 2 is 2.04 bits per heavy atom. The Hall–Kier alpha value is -2.67. The molecule has 7 heteroatoms. The molecule has 2 amide bonds. The van der Waals surface area contributed by atoms with Gasteiger partial charge in [-0.15, -0.1) is 11.8 Å². The van der Waals surface area contributed by atoms with Gasteiger partial charge in [0.2, 0.25) is 18.6 Å². The van der Waals surface area contributed by atoms with Gasteiger partial charge in [-0.2, -0.15) is 0 Å². The van der Waals surface area contributed by atoms with Crippen molar-refractivity contribution in [2.75, 3.05) is 23.2 Å². The first kappa shape index (κ1) is 17.7. The molecule has 0 aliphatic carbocycles. The van der Waals surface area contributed by atoms with Crippen LogP contribution in [0.15, 0.2) is 42.5 Å². The van der Waals surface area contributed by atoms with Gasteiger partial charge in [0.05, 0.1) is 5.25 Å². The summed E-state index contributed by atoms with van der Waals surface area (Å²) in [4.78, 5) is 24.6. The minimum atomic E-state index is -0.143. The maximum atomic E-state index is 12.4. The first-order valence-electron chi connectivity index (χ1n) is 8.89. The largest absolute Gasteiger partial charge is 0.454 e. The Morgan fingerprint density at radius 1 is 1.19 bits per heavy atom. The standard InChI is InChI=1S/C20H20N2O4S/c23-19(21-14-6-7-16-17(11-14)26-12-25-16)9-10-27-18-8-5-13-3-1-2-4-15(13)22-20(18)24/h1-4,6-7,11,18H,5,8-10,12H2,(H,21,23)(H,22,24)/t18-/m1/s1. The fraction of sp³-hybridized carbons (Fsp3) is 0.300. The van der Waals surface area contributed by atoms with Gasteiger partial charge >= 0.3 is 0 Å². The average Bonchev–Trinajstić information content (AvgIpc) is 3.06. The van der Waals surface area contributed by atoms with Gasteiger partial charge in [0.25, 0.3) is 0 Å². The third-order valence-electron chi connectivity index (χ3n) is 4.55. The van der Waals surface area contributed by atoms with Crippen LogP contribution >= 0.6 is 11.8 Å². The number of aryl methyl sites for hydroxylation is 1. The normalized spacial score (nSPS) is 17.6. The van der Waals surface area contributed by atoms with Crippen LogP contribution < -0.4 is 20.1 Å². The van der Waals surface area contributed by atoms with E-state index in [1.54, 1.807) is 18.2 Å². The van der Waals surface area contributed by atoms with Crippen molar-refractivity contribution in [3.63, 3.8) is 0 Å². The van der Waals surface area contributed by atoms with Crippen LogP contribution in [0.4, 0.5) is 11.4 Å². The number of fused-ring (bicyclic) bond motifs is 2. The first-order chi connectivity index (χ1) is 13.2. The fourth-order valence-electron chi connectivity index (χ4n) is 3.14. The minimum Gasteiger partial charge on any atom is -0.454 e. The highest BCUT2D eigenvalue weighted by Crippen LogP contribution is 2.34. The second kappa shape index (κ2) is 7.92. The lowest BCUT2D eigenvalue weighted by Crippen LogP contribution is -2.24. The molecule has 0 aromatic heterocycles. The summed E-state index contributed by atoms with van der Waals surface area (Å²) in [6, 6.07) is 13.2. The number of carbonyl (C=O) groups is 2. The van der Waals surface area contributed by atoms with Crippen LogP contribution in [0.2, 0.25) is 0 Å². The quantitative estimate of drug-likeness (QED) is 0.826. The molecule has 0 bridgehead atoms. The summed E-state index contributed by atoms with van der Waals surface area (Å²) in [6.45, 7) is 0.205. The number of ether oxygens (including phenoxy) is 2. The molecule has 2 aromatic carbocycles. The molecule has 0 saturated carbocycles. The van der Waals surface area contributed by atoms with Gasteiger partial charge in [-0.3, -0.25) is 9.59 Å². The summed E-state index contributed by atoms with van der Waals surface area (Å²) < 4.78 is 10.6. The second-order valence-electron chi connectivity index (χ2n) is 6.41. The smallest absolute Gasteiger partial charge is 0.237 e. The van der Waals surface area contributed by atoms with E-state index in [0.717, 1.165) is 24.1 Å². The van der Waals surface area contributed by atoms with Gasteiger partial charge < -0.3 is 20.1 Å². The van der Waals surface area contributed by atoms with E-state index in [2.05, 4.69) is 10.6 Å². The molecule has 27 heavy (non-hydrogen) atoms. The number of carbonyl (C=O) groups excluding carboxylic acids is 2. The molecule has 0 fully saturated rings. The molecule has 4 rings (SSSR count). The van der Waals surface area contributed by atoms with E-state index < -0.39 is 0 Å². The molecule has 140 valence electrons. The predicted molar refractivity (Wildman–Crippen MR) is 105 cm³/mol. The number of hydrogen-bond acceptors (Lipinski definition) is 5. The van der Waals surface area contributed by atoms with E-state index in [9.17, 15) is 9.59 Å². The molecule has 0 spiro atoms. The minimum absolute atomic E-state index is 0.0149. The predicted octanol–water partition coefficient (Wildman–Crippen LogP) is 3.43. The highest BCUT2D eigenvalue weighted by molar-refractivity contribution is 8.00. The van der Waals surface area contributed by atoms with Crippen molar-refractivity contribution in [1.29, 1.82) is 0 Å². The maximum Gasteiger partial charge on any atom is 0.237 e. The van der Waals surface area contributed by atoms with Crippen molar-refractivity contribution in [2.45, 2.75) is 24.5 Å². The van der Waals surface area contributed by atoms with Gasteiger partial charge in [0.15, 0.2) is 11.5 Å². The van der Waals surface area contributed by atoms with Crippen LogP contribution in [0.1, 0.15) is 18.4 Å². The topological polar surface area (TPSA) is 76.7 Å². The van der Waals surface area contributed by atoms with Crippen LogP contribution in [-0.2, 0) is 16.0 Å². The van der Waals surface area contributed by atoms with Crippen molar-refractivity contribution < 1.29 is 19.1 Å². The van der Waals surface area contributed by atoms with Crippen molar-refractivity contribution in [1.82, 2.24) is 0 Å². The molecule has 2 aromatic rings. The molecular formula is C20H20N2O4S. The van der Waals surface area contributed by atoms with E-state index >= 15 is 0 Å². The molecule has 6 nitrogen and oxygen atoms in total. The van der Waals surface area contributed by atoms with Gasteiger partial charge in [-0.1, -0.05) is 18.2 Å². The Labute approximate surface area is 161 Å². The number of thioether (sulfide) groups is 1. The van der Waals surface area contributed by atoms with Crippen molar-refractivity contribution in [3.8, 4) is 11.5 Å². The Kier molecular flexibility index (Phi) is 5.20. The molecule has 0 saturated heterocycles. The molecule has 2 N–H and O–H groups in total.